The standard InChI is InChI=1S/C27H46N2O2/c1-4-6-8-10-11-13-15-18-25(17-14-12-9-7-5-2)23-31-27-20-16-19-26(21-27)22-28-29-24(3)30/h16,19-22,25H,4-15,17-18,23H2,1-3H3,(H,29,30). The maximum Gasteiger partial charge on any atom is 0.236 e. The molecule has 0 heterocycles. The fourth-order valence-corrected chi connectivity index (χ4v) is 3.83. The van der Waals surface area contributed by atoms with E-state index in [-0.39, 0.29) is 5.91 Å². The van der Waals surface area contributed by atoms with Crippen LogP contribution in [0.15, 0.2) is 29.4 Å². The van der Waals surface area contributed by atoms with Crippen LogP contribution in [0, 0.1) is 5.92 Å². The average molecular weight is 431 g/mol. The lowest BCUT2D eigenvalue weighted by atomic mass is 9.95. The van der Waals surface area contributed by atoms with Crippen LogP contribution in [0.2, 0.25) is 0 Å². The van der Waals surface area contributed by atoms with Gasteiger partial charge in [0.15, 0.2) is 0 Å². The molecule has 0 aromatic heterocycles. The minimum Gasteiger partial charge on any atom is -0.493 e. The number of benzene rings is 1. The van der Waals surface area contributed by atoms with Gasteiger partial charge in [-0.2, -0.15) is 5.10 Å². The third-order valence-corrected chi connectivity index (χ3v) is 5.71. The molecule has 0 aliphatic rings. The number of rotatable bonds is 19. The topological polar surface area (TPSA) is 50.7 Å². The summed E-state index contributed by atoms with van der Waals surface area (Å²) in [4.78, 5) is 10.9. The largest absolute Gasteiger partial charge is 0.493 e. The van der Waals surface area contributed by atoms with Gasteiger partial charge >= 0.3 is 0 Å². The molecule has 176 valence electrons. The summed E-state index contributed by atoms with van der Waals surface area (Å²) >= 11 is 0. The number of nitrogens with zero attached hydrogens (tertiary/aromatic N) is 1. The molecule has 4 nitrogen and oxygen atoms in total. The number of nitrogens with one attached hydrogen (secondary N) is 1. The molecule has 0 bridgehead atoms. The molecule has 4 heteroatoms. The zero-order chi connectivity index (χ0) is 22.6. The predicted molar refractivity (Wildman–Crippen MR) is 133 cm³/mol. The monoisotopic (exact) mass is 430 g/mol. The summed E-state index contributed by atoms with van der Waals surface area (Å²) in [5.74, 6) is 1.34. The zero-order valence-corrected chi connectivity index (χ0v) is 20.3. The smallest absolute Gasteiger partial charge is 0.236 e. The van der Waals surface area contributed by atoms with E-state index in [1.165, 1.54) is 96.8 Å². The first-order valence-electron chi connectivity index (χ1n) is 12.7. The molecule has 1 atom stereocenters. The van der Waals surface area contributed by atoms with Gasteiger partial charge in [0.1, 0.15) is 5.75 Å². The van der Waals surface area contributed by atoms with Gasteiger partial charge in [0.05, 0.1) is 12.8 Å². The molecule has 31 heavy (non-hydrogen) atoms. The van der Waals surface area contributed by atoms with Crippen LogP contribution in [-0.2, 0) is 4.79 Å². The highest BCUT2D eigenvalue weighted by Gasteiger charge is 2.10. The summed E-state index contributed by atoms with van der Waals surface area (Å²) in [5, 5.41) is 3.94. The van der Waals surface area contributed by atoms with Crippen LogP contribution in [0.1, 0.15) is 116 Å². The first-order chi connectivity index (χ1) is 15.2. The van der Waals surface area contributed by atoms with E-state index in [0.29, 0.717) is 5.92 Å². The van der Waals surface area contributed by atoms with Crippen molar-refractivity contribution in [2.24, 2.45) is 11.0 Å². The van der Waals surface area contributed by atoms with E-state index in [1.807, 2.05) is 24.3 Å². The second-order valence-electron chi connectivity index (χ2n) is 8.79. The van der Waals surface area contributed by atoms with Crippen LogP contribution >= 0.6 is 0 Å². The summed E-state index contributed by atoms with van der Waals surface area (Å²) in [7, 11) is 0. The lowest BCUT2D eigenvalue weighted by Gasteiger charge is -2.18. The van der Waals surface area contributed by atoms with E-state index < -0.39 is 0 Å². The average Bonchev–Trinajstić information content (AvgIpc) is 2.76. The van der Waals surface area contributed by atoms with Crippen molar-refractivity contribution in [2.45, 2.75) is 111 Å². The summed E-state index contributed by atoms with van der Waals surface area (Å²) in [6.07, 6.45) is 20.4. The predicted octanol–water partition coefficient (Wildman–Crippen LogP) is 7.65. The Hall–Kier alpha value is -1.84. The molecule has 0 saturated heterocycles. The molecule has 1 unspecified atom stereocenters. The van der Waals surface area contributed by atoms with Crippen molar-refractivity contribution in [3.63, 3.8) is 0 Å². The maximum absolute atomic E-state index is 10.9. The Bertz CT molecular complexity index is 601. The van der Waals surface area contributed by atoms with Gasteiger partial charge in [-0.25, -0.2) is 5.43 Å². The van der Waals surface area contributed by atoms with Crippen LogP contribution in [0.25, 0.3) is 0 Å². The van der Waals surface area contributed by atoms with Crippen molar-refractivity contribution in [3.05, 3.63) is 29.8 Å². The lowest BCUT2D eigenvalue weighted by Crippen LogP contribution is -2.13. The Morgan fingerprint density at radius 2 is 1.52 bits per heavy atom. The number of hydrazone groups is 1. The third kappa shape index (κ3) is 15.6. The van der Waals surface area contributed by atoms with Crippen LogP contribution in [-0.4, -0.2) is 18.7 Å². The van der Waals surface area contributed by atoms with Gasteiger partial charge in [-0.1, -0.05) is 103 Å². The Kier molecular flexibility index (Phi) is 16.6. The van der Waals surface area contributed by atoms with E-state index in [9.17, 15) is 4.79 Å². The lowest BCUT2D eigenvalue weighted by molar-refractivity contribution is -0.118. The van der Waals surface area contributed by atoms with Gasteiger partial charge in [-0.3, -0.25) is 4.79 Å². The van der Waals surface area contributed by atoms with Crippen LogP contribution < -0.4 is 10.2 Å². The Morgan fingerprint density at radius 1 is 0.935 bits per heavy atom. The quantitative estimate of drug-likeness (QED) is 0.139. The summed E-state index contributed by atoms with van der Waals surface area (Å²) in [5.41, 5.74) is 3.36. The first-order valence-corrected chi connectivity index (χ1v) is 12.7. The van der Waals surface area contributed by atoms with E-state index in [2.05, 4.69) is 24.4 Å². The second-order valence-corrected chi connectivity index (χ2v) is 8.79. The highest BCUT2D eigenvalue weighted by Crippen LogP contribution is 2.21. The molecule has 0 aliphatic carbocycles. The Balaban J connectivity index is 2.45. The molecule has 1 aromatic carbocycles. The van der Waals surface area contributed by atoms with E-state index in [0.717, 1.165) is 17.9 Å². The minimum absolute atomic E-state index is 0.171. The summed E-state index contributed by atoms with van der Waals surface area (Å²) in [6, 6.07) is 7.92. The molecular formula is C27H46N2O2. The van der Waals surface area contributed by atoms with Crippen LogP contribution in [0.4, 0.5) is 0 Å². The van der Waals surface area contributed by atoms with Gasteiger partial charge in [0.2, 0.25) is 5.91 Å². The fraction of sp³-hybridized carbons (Fsp3) is 0.704. The molecule has 0 aliphatic heterocycles. The highest BCUT2D eigenvalue weighted by molar-refractivity contribution is 5.82. The summed E-state index contributed by atoms with van der Waals surface area (Å²) in [6.45, 7) is 6.78. The fourth-order valence-electron chi connectivity index (χ4n) is 3.83. The minimum atomic E-state index is -0.171. The van der Waals surface area contributed by atoms with Crippen molar-refractivity contribution in [1.29, 1.82) is 0 Å². The number of unbranched alkanes of at least 4 members (excludes halogenated alkanes) is 10. The molecule has 1 amide bonds. The third-order valence-electron chi connectivity index (χ3n) is 5.71. The van der Waals surface area contributed by atoms with Crippen LogP contribution in [0.3, 0.4) is 0 Å². The SMILES string of the molecule is CCCCCCCCCC(CCCCCCC)COc1cccc(C=NNC(C)=O)c1. The van der Waals surface area contributed by atoms with Gasteiger partial charge in [-0.05, 0) is 36.5 Å². The van der Waals surface area contributed by atoms with E-state index in [1.54, 1.807) is 6.21 Å². The van der Waals surface area contributed by atoms with Crippen molar-refractivity contribution < 1.29 is 9.53 Å². The number of amides is 1. The van der Waals surface area contributed by atoms with E-state index >= 15 is 0 Å². The molecule has 0 spiro atoms. The molecule has 0 saturated carbocycles. The van der Waals surface area contributed by atoms with Crippen molar-refractivity contribution in [2.75, 3.05) is 6.61 Å². The number of hydrogen-bond acceptors (Lipinski definition) is 3. The molecule has 1 rings (SSSR count). The van der Waals surface area contributed by atoms with Crippen molar-refractivity contribution >= 4 is 12.1 Å². The van der Waals surface area contributed by atoms with Gasteiger partial charge in [-0.15, -0.1) is 0 Å². The molecule has 1 aromatic rings. The molecular weight excluding hydrogens is 384 g/mol. The van der Waals surface area contributed by atoms with E-state index in [4.69, 9.17) is 4.74 Å². The van der Waals surface area contributed by atoms with Crippen LogP contribution in [0.5, 0.6) is 5.75 Å². The second kappa shape index (κ2) is 18.9. The van der Waals surface area contributed by atoms with Crippen molar-refractivity contribution in [1.82, 2.24) is 5.43 Å². The molecule has 0 radical (unpaired) electrons. The Morgan fingerprint density at radius 3 is 2.10 bits per heavy atom. The Labute approximate surface area is 191 Å². The number of hydrogen-bond donors (Lipinski definition) is 1. The van der Waals surface area contributed by atoms with Gasteiger partial charge in [0.25, 0.3) is 0 Å². The normalized spacial score (nSPS) is 12.2. The maximum atomic E-state index is 10.9. The molecule has 0 fully saturated rings. The highest BCUT2D eigenvalue weighted by atomic mass is 16.5. The summed E-state index contributed by atoms with van der Waals surface area (Å²) < 4.78 is 6.18. The molecule has 1 N–H and O–H groups in total. The first kappa shape index (κ1) is 27.2. The number of carbonyl (C=O) groups is 1. The zero-order valence-electron chi connectivity index (χ0n) is 20.3. The van der Waals surface area contributed by atoms with Gasteiger partial charge < -0.3 is 4.74 Å². The van der Waals surface area contributed by atoms with Crippen molar-refractivity contribution in [3.8, 4) is 5.75 Å². The number of ether oxygens (including phenoxy) is 1. The number of carbonyl (C=O) groups excluding carboxylic acids is 1. The van der Waals surface area contributed by atoms with Gasteiger partial charge in [0, 0.05) is 6.92 Å².